The highest BCUT2D eigenvalue weighted by Crippen LogP contribution is 2.55. The molecule has 3 nitrogen and oxygen atoms in total. The average Bonchev–Trinajstić information content (AvgIpc) is 3.73. The summed E-state index contributed by atoms with van der Waals surface area (Å²) in [5, 5.41) is 1.37. The van der Waals surface area contributed by atoms with Crippen LogP contribution in [-0.2, 0) is 16.2 Å². The number of nitrogens with zero attached hydrogens (tertiary/aromatic N) is 3. The van der Waals surface area contributed by atoms with Crippen molar-refractivity contribution in [2.24, 2.45) is 0 Å². The SMILES string of the molecule is Cc1cc2c3c(c1)-n1c4c(c5cccc(c51)B3c1ccc(N(c3ccccc3)c3ccccc3)cc1N2c1cc2c(cc1C)C(C)(C)CCC2(C)C)C(C)(C)c1ccccc1-4. The number of fused-ring (bicyclic) bond motifs is 10. The molecule has 0 unspecified atom stereocenters. The molecule has 298 valence electrons. The first-order chi connectivity index (χ1) is 29.3. The van der Waals surface area contributed by atoms with Crippen molar-refractivity contribution in [3.8, 4) is 16.9 Å². The maximum atomic E-state index is 2.67. The molecule has 8 aromatic rings. The first kappa shape index (κ1) is 36.6. The van der Waals surface area contributed by atoms with Crippen molar-refractivity contribution in [3.63, 3.8) is 0 Å². The van der Waals surface area contributed by atoms with Crippen LogP contribution in [0.25, 0.3) is 27.8 Å². The van der Waals surface area contributed by atoms with Gasteiger partial charge in [0.1, 0.15) is 0 Å². The van der Waals surface area contributed by atoms with Gasteiger partial charge >= 0.3 is 0 Å². The van der Waals surface area contributed by atoms with Crippen LogP contribution in [-0.4, -0.2) is 11.3 Å². The largest absolute Gasteiger partial charge is 0.311 e. The van der Waals surface area contributed by atoms with Crippen molar-refractivity contribution in [2.75, 3.05) is 9.80 Å². The second-order valence-electron chi connectivity index (χ2n) is 20.2. The van der Waals surface area contributed by atoms with Gasteiger partial charge < -0.3 is 14.4 Å². The molecule has 0 atom stereocenters. The monoisotopic (exact) mass is 789 g/mol. The minimum absolute atomic E-state index is 0.0608. The van der Waals surface area contributed by atoms with Gasteiger partial charge in [-0.05, 0) is 142 Å². The topological polar surface area (TPSA) is 11.4 Å². The molecule has 0 radical (unpaired) electrons. The lowest BCUT2D eigenvalue weighted by Crippen LogP contribution is -2.60. The molecule has 4 aliphatic rings. The molecule has 0 spiro atoms. The van der Waals surface area contributed by atoms with E-state index in [9.17, 15) is 0 Å². The minimum atomic E-state index is -0.126. The zero-order valence-electron chi connectivity index (χ0n) is 36.7. The standard InChI is InChI=1S/C57H52BN3/c1-35-30-49-52-50(31-35)61-53-41(51-54(61)40-22-15-16-24-42(40)57(51,7)8)23-17-25-46(53)58(52)45-27-26-39(59(37-18-11-9-12-19-37)38-20-13-10-14-21-38)33-48(45)60(49)47-34-44-43(32-36(47)2)55(3,4)28-29-56(44,5)6/h9-27,30-34H,28-29H2,1-8H3. The quantitative estimate of drug-likeness (QED) is 0.165. The molecule has 2 aliphatic heterocycles. The summed E-state index contributed by atoms with van der Waals surface area (Å²) in [6.45, 7) is 19.4. The predicted octanol–water partition coefficient (Wildman–Crippen LogP) is 13.0. The molecule has 4 heteroatoms. The Labute approximate surface area is 361 Å². The van der Waals surface area contributed by atoms with Gasteiger partial charge in [-0.15, -0.1) is 0 Å². The Morgan fingerprint density at radius 2 is 1.16 bits per heavy atom. The van der Waals surface area contributed by atoms with E-state index in [4.69, 9.17) is 0 Å². The third kappa shape index (κ3) is 4.94. The second kappa shape index (κ2) is 12.4. The van der Waals surface area contributed by atoms with E-state index in [2.05, 4.69) is 215 Å². The van der Waals surface area contributed by atoms with Crippen LogP contribution in [0.3, 0.4) is 0 Å². The van der Waals surface area contributed by atoms with Crippen LogP contribution in [0.2, 0.25) is 0 Å². The van der Waals surface area contributed by atoms with E-state index in [1.54, 1.807) is 0 Å². The van der Waals surface area contributed by atoms with Crippen LogP contribution in [0.15, 0.2) is 146 Å². The molecule has 0 bridgehead atoms. The number of anilines is 6. The molecule has 2 aliphatic carbocycles. The Kier molecular flexibility index (Phi) is 7.45. The molecule has 0 amide bonds. The van der Waals surface area contributed by atoms with Crippen LogP contribution in [0, 0.1) is 13.8 Å². The molecule has 0 fully saturated rings. The van der Waals surface area contributed by atoms with Gasteiger partial charge in [-0.1, -0.05) is 133 Å². The lowest BCUT2D eigenvalue weighted by atomic mass is 9.33. The number of rotatable bonds is 4. The number of benzene rings is 7. The average molecular weight is 790 g/mol. The van der Waals surface area contributed by atoms with E-state index >= 15 is 0 Å². The summed E-state index contributed by atoms with van der Waals surface area (Å²) >= 11 is 0. The molecule has 3 heterocycles. The molecule has 7 aromatic carbocycles. The maximum Gasteiger partial charge on any atom is 0.252 e. The predicted molar refractivity (Wildman–Crippen MR) is 260 cm³/mol. The van der Waals surface area contributed by atoms with Gasteiger partial charge in [0.05, 0.1) is 5.69 Å². The summed E-state index contributed by atoms with van der Waals surface area (Å²) in [7, 11) is 0. The molecule has 1 aromatic heterocycles. The summed E-state index contributed by atoms with van der Waals surface area (Å²) in [6.07, 6.45) is 2.36. The van der Waals surface area contributed by atoms with Crippen molar-refractivity contribution in [3.05, 3.63) is 179 Å². The van der Waals surface area contributed by atoms with Gasteiger partial charge in [-0.3, -0.25) is 0 Å². The summed E-state index contributed by atoms with van der Waals surface area (Å²) in [4.78, 5) is 5.08. The highest BCUT2D eigenvalue weighted by atomic mass is 15.2. The third-order valence-corrected chi connectivity index (χ3v) is 15.1. The Morgan fingerprint density at radius 3 is 1.87 bits per heavy atom. The van der Waals surface area contributed by atoms with E-state index < -0.39 is 0 Å². The lowest BCUT2D eigenvalue weighted by Gasteiger charge is -2.45. The zero-order chi connectivity index (χ0) is 41.7. The second-order valence-corrected chi connectivity index (χ2v) is 20.2. The van der Waals surface area contributed by atoms with Crippen LogP contribution < -0.4 is 26.2 Å². The van der Waals surface area contributed by atoms with Gasteiger partial charge in [0.2, 0.25) is 0 Å². The number of hydrogen-bond acceptors (Lipinski definition) is 2. The van der Waals surface area contributed by atoms with Crippen LogP contribution in [0.5, 0.6) is 0 Å². The Bertz CT molecular complexity index is 3110. The Balaban J connectivity index is 1.20. The van der Waals surface area contributed by atoms with E-state index in [0.29, 0.717) is 0 Å². The maximum absolute atomic E-state index is 2.67. The zero-order valence-corrected chi connectivity index (χ0v) is 36.7. The molecule has 61 heavy (non-hydrogen) atoms. The smallest absolute Gasteiger partial charge is 0.252 e. The fourth-order valence-electron chi connectivity index (χ4n) is 12.0. The minimum Gasteiger partial charge on any atom is -0.311 e. The molecule has 0 N–H and O–H groups in total. The van der Waals surface area contributed by atoms with E-state index in [1.807, 2.05) is 0 Å². The van der Waals surface area contributed by atoms with Crippen LogP contribution in [0.1, 0.15) is 87.8 Å². The molecule has 0 saturated heterocycles. The van der Waals surface area contributed by atoms with Crippen molar-refractivity contribution in [1.82, 2.24) is 4.57 Å². The molecule has 12 rings (SSSR count). The Hall–Kier alpha value is -6.26. The number of para-hydroxylation sites is 3. The van der Waals surface area contributed by atoms with E-state index in [1.165, 1.54) is 108 Å². The Morgan fingerprint density at radius 1 is 0.525 bits per heavy atom. The first-order valence-corrected chi connectivity index (χ1v) is 22.3. The molecular formula is C57H52BN3. The highest BCUT2D eigenvalue weighted by Gasteiger charge is 2.48. The summed E-state index contributed by atoms with van der Waals surface area (Å²) in [5.74, 6) is 0. The van der Waals surface area contributed by atoms with E-state index in [-0.39, 0.29) is 23.0 Å². The van der Waals surface area contributed by atoms with Gasteiger partial charge in [-0.25, -0.2) is 0 Å². The molecule has 0 saturated carbocycles. The van der Waals surface area contributed by atoms with Crippen molar-refractivity contribution >= 4 is 68.1 Å². The van der Waals surface area contributed by atoms with Crippen molar-refractivity contribution in [2.45, 2.75) is 84.5 Å². The van der Waals surface area contributed by atoms with E-state index in [0.717, 1.165) is 17.1 Å². The van der Waals surface area contributed by atoms with Gasteiger partial charge in [0, 0.05) is 61.7 Å². The fourth-order valence-corrected chi connectivity index (χ4v) is 12.0. The fraction of sp³-hybridized carbons (Fsp3) is 0.228. The number of aryl methyl sites for hydroxylation is 2. The normalized spacial score (nSPS) is 16.7. The lowest BCUT2D eigenvalue weighted by molar-refractivity contribution is 0.332. The number of aromatic nitrogens is 1. The van der Waals surface area contributed by atoms with Crippen molar-refractivity contribution in [1.29, 1.82) is 0 Å². The van der Waals surface area contributed by atoms with Gasteiger partial charge in [0.25, 0.3) is 6.71 Å². The van der Waals surface area contributed by atoms with Gasteiger partial charge in [0.15, 0.2) is 0 Å². The highest BCUT2D eigenvalue weighted by molar-refractivity contribution is 7.00. The summed E-state index contributed by atoms with van der Waals surface area (Å²) in [5.41, 5.74) is 25.2. The van der Waals surface area contributed by atoms with Crippen LogP contribution >= 0.6 is 0 Å². The van der Waals surface area contributed by atoms with Crippen LogP contribution in [0.4, 0.5) is 34.1 Å². The summed E-state index contributed by atoms with van der Waals surface area (Å²) < 4.78 is 2.67. The van der Waals surface area contributed by atoms with Crippen molar-refractivity contribution < 1.29 is 0 Å². The first-order valence-electron chi connectivity index (χ1n) is 22.3. The number of hydrogen-bond donors (Lipinski definition) is 0. The summed E-state index contributed by atoms with van der Waals surface area (Å²) in [6, 6.07) is 55.4. The third-order valence-electron chi connectivity index (χ3n) is 15.1. The molecular weight excluding hydrogens is 737 g/mol. The van der Waals surface area contributed by atoms with Gasteiger partial charge in [-0.2, -0.15) is 0 Å².